The van der Waals surface area contributed by atoms with Crippen LogP contribution in [0.25, 0.3) is 0 Å². The minimum absolute atomic E-state index is 0.370. The number of nitrogens with zero attached hydrogens (tertiary/aromatic N) is 1. The normalized spacial score (nSPS) is 29.5. The van der Waals surface area contributed by atoms with Gasteiger partial charge in [-0.1, -0.05) is 6.42 Å². The van der Waals surface area contributed by atoms with Crippen LogP contribution in [0, 0.1) is 5.92 Å². The van der Waals surface area contributed by atoms with E-state index in [0.29, 0.717) is 24.2 Å². The van der Waals surface area contributed by atoms with Gasteiger partial charge in [0.1, 0.15) is 0 Å². The minimum atomic E-state index is 0.370. The van der Waals surface area contributed by atoms with Gasteiger partial charge in [-0.3, -0.25) is 4.79 Å². The molecular formula is C12H20ClNO. The molecule has 1 amide bonds. The van der Waals surface area contributed by atoms with Crippen molar-refractivity contribution >= 4 is 17.5 Å². The van der Waals surface area contributed by atoms with Gasteiger partial charge in [0.25, 0.3) is 0 Å². The smallest absolute Gasteiger partial charge is 0.222 e. The third-order valence-corrected chi connectivity index (χ3v) is 4.12. The molecule has 0 aromatic heterocycles. The van der Waals surface area contributed by atoms with E-state index in [1.54, 1.807) is 0 Å². The van der Waals surface area contributed by atoms with Crippen molar-refractivity contribution in [2.24, 2.45) is 5.92 Å². The first-order valence-corrected chi connectivity index (χ1v) is 6.72. The van der Waals surface area contributed by atoms with Crippen molar-refractivity contribution in [2.45, 2.75) is 51.0 Å². The SMILES string of the molecule is O=C(CCCCCl)N1CCC2CCCC21. The van der Waals surface area contributed by atoms with Gasteiger partial charge in [-0.2, -0.15) is 0 Å². The Morgan fingerprint density at radius 2 is 2.13 bits per heavy atom. The van der Waals surface area contributed by atoms with Crippen LogP contribution in [-0.2, 0) is 4.79 Å². The largest absolute Gasteiger partial charge is 0.339 e. The van der Waals surface area contributed by atoms with Crippen LogP contribution in [0.4, 0.5) is 0 Å². The number of alkyl halides is 1. The molecule has 2 rings (SSSR count). The summed E-state index contributed by atoms with van der Waals surface area (Å²) in [5.74, 6) is 1.87. The maximum Gasteiger partial charge on any atom is 0.222 e. The van der Waals surface area contributed by atoms with E-state index in [0.717, 1.165) is 25.3 Å². The fourth-order valence-corrected chi connectivity index (χ4v) is 3.25. The number of likely N-dealkylation sites (tertiary alicyclic amines) is 1. The zero-order chi connectivity index (χ0) is 10.7. The fourth-order valence-electron chi connectivity index (χ4n) is 3.06. The van der Waals surface area contributed by atoms with E-state index >= 15 is 0 Å². The van der Waals surface area contributed by atoms with Gasteiger partial charge in [-0.05, 0) is 38.0 Å². The molecule has 15 heavy (non-hydrogen) atoms. The number of unbranched alkanes of at least 4 members (excludes halogenated alkanes) is 1. The second-order valence-corrected chi connectivity index (χ2v) is 5.16. The summed E-state index contributed by atoms with van der Waals surface area (Å²) >= 11 is 5.61. The Morgan fingerprint density at radius 3 is 2.93 bits per heavy atom. The molecular weight excluding hydrogens is 210 g/mol. The Bertz CT molecular complexity index is 232. The molecule has 0 radical (unpaired) electrons. The van der Waals surface area contributed by atoms with E-state index in [9.17, 15) is 4.79 Å². The van der Waals surface area contributed by atoms with Crippen molar-refractivity contribution in [1.29, 1.82) is 0 Å². The summed E-state index contributed by atoms with van der Waals surface area (Å²) in [5.41, 5.74) is 0. The van der Waals surface area contributed by atoms with E-state index in [2.05, 4.69) is 4.90 Å². The highest BCUT2D eigenvalue weighted by atomic mass is 35.5. The number of fused-ring (bicyclic) bond motifs is 1. The van der Waals surface area contributed by atoms with Gasteiger partial charge >= 0.3 is 0 Å². The topological polar surface area (TPSA) is 20.3 Å². The van der Waals surface area contributed by atoms with E-state index in [1.807, 2.05) is 0 Å². The van der Waals surface area contributed by atoms with Crippen LogP contribution in [0.2, 0.25) is 0 Å². The second-order valence-electron chi connectivity index (χ2n) is 4.78. The predicted octanol–water partition coefficient (Wildman–Crippen LogP) is 2.80. The Hall–Kier alpha value is -0.240. The van der Waals surface area contributed by atoms with E-state index in [-0.39, 0.29) is 0 Å². The molecule has 1 saturated heterocycles. The van der Waals surface area contributed by atoms with Gasteiger partial charge in [-0.25, -0.2) is 0 Å². The fraction of sp³-hybridized carbons (Fsp3) is 0.917. The average molecular weight is 230 g/mol. The van der Waals surface area contributed by atoms with Gasteiger partial charge < -0.3 is 4.90 Å². The molecule has 1 saturated carbocycles. The van der Waals surface area contributed by atoms with E-state index in [4.69, 9.17) is 11.6 Å². The molecule has 2 aliphatic rings. The first-order valence-electron chi connectivity index (χ1n) is 6.18. The lowest BCUT2D eigenvalue weighted by molar-refractivity contribution is -0.132. The summed E-state index contributed by atoms with van der Waals surface area (Å²) in [6, 6.07) is 0.591. The molecule has 2 unspecified atom stereocenters. The molecule has 0 bridgehead atoms. The molecule has 1 heterocycles. The van der Waals surface area contributed by atoms with Crippen LogP contribution < -0.4 is 0 Å². The molecule has 0 spiro atoms. The molecule has 0 aromatic rings. The lowest BCUT2D eigenvalue weighted by atomic mass is 10.0. The number of amides is 1. The number of hydrogen-bond acceptors (Lipinski definition) is 1. The summed E-state index contributed by atoms with van der Waals surface area (Å²) in [4.78, 5) is 14.1. The molecule has 2 fully saturated rings. The van der Waals surface area contributed by atoms with Crippen LogP contribution in [0.5, 0.6) is 0 Å². The number of halogens is 1. The Labute approximate surface area is 97.0 Å². The zero-order valence-corrected chi connectivity index (χ0v) is 10.0. The lowest BCUT2D eigenvalue weighted by Crippen LogP contribution is -2.35. The van der Waals surface area contributed by atoms with E-state index < -0.39 is 0 Å². The average Bonchev–Trinajstić information content (AvgIpc) is 2.78. The molecule has 0 N–H and O–H groups in total. The van der Waals surface area contributed by atoms with Crippen molar-refractivity contribution < 1.29 is 4.79 Å². The van der Waals surface area contributed by atoms with Gasteiger partial charge in [0.05, 0.1) is 0 Å². The summed E-state index contributed by atoms with van der Waals surface area (Å²) in [5, 5.41) is 0. The third-order valence-electron chi connectivity index (χ3n) is 3.85. The standard InChI is InChI=1S/C12H20ClNO/c13-8-2-1-6-12(15)14-9-7-10-4-3-5-11(10)14/h10-11H,1-9H2. The summed E-state index contributed by atoms with van der Waals surface area (Å²) in [6.45, 7) is 1.01. The first-order chi connectivity index (χ1) is 7.33. The first kappa shape index (κ1) is 11.3. The zero-order valence-electron chi connectivity index (χ0n) is 9.25. The van der Waals surface area contributed by atoms with Crippen LogP contribution in [0.3, 0.4) is 0 Å². The van der Waals surface area contributed by atoms with Gasteiger partial charge in [0.2, 0.25) is 5.91 Å². The second kappa shape index (κ2) is 5.20. The summed E-state index contributed by atoms with van der Waals surface area (Å²) in [7, 11) is 0. The van der Waals surface area contributed by atoms with Crippen LogP contribution in [0.1, 0.15) is 44.9 Å². The molecule has 86 valence electrons. The minimum Gasteiger partial charge on any atom is -0.339 e. The molecule has 2 nitrogen and oxygen atoms in total. The highest BCUT2D eigenvalue weighted by Gasteiger charge is 2.39. The van der Waals surface area contributed by atoms with Crippen molar-refractivity contribution in [3.63, 3.8) is 0 Å². The third kappa shape index (κ3) is 2.47. The highest BCUT2D eigenvalue weighted by molar-refractivity contribution is 6.17. The number of rotatable bonds is 4. The number of carbonyl (C=O) groups is 1. The highest BCUT2D eigenvalue weighted by Crippen LogP contribution is 2.37. The monoisotopic (exact) mass is 229 g/mol. The molecule has 1 aliphatic carbocycles. The molecule has 0 aromatic carbocycles. The quantitative estimate of drug-likeness (QED) is 0.536. The van der Waals surface area contributed by atoms with Gasteiger partial charge in [0.15, 0.2) is 0 Å². The Balaban J connectivity index is 1.80. The van der Waals surface area contributed by atoms with Crippen LogP contribution >= 0.6 is 11.6 Å². The Kier molecular flexibility index (Phi) is 3.90. The maximum atomic E-state index is 11.9. The Morgan fingerprint density at radius 1 is 1.27 bits per heavy atom. The van der Waals surface area contributed by atoms with Gasteiger partial charge in [-0.15, -0.1) is 11.6 Å². The predicted molar refractivity (Wildman–Crippen MR) is 62.0 cm³/mol. The number of hydrogen-bond donors (Lipinski definition) is 0. The molecule has 3 heteroatoms. The number of carbonyl (C=O) groups excluding carboxylic acids is 1. The summed E-state index contributed by atoms with van der Waals surface area (Å²) < 4.78 is 0. The maximum absolute atomic E-state index is 11.9. The van der Waals surface area contributed by atoms with Gasteiger partial charge in [0, 0.05) is 24.9 Å². The lowest BCUT2D eigenvalue weighted by Gasteiger charge is -2.23. The van der Waals surface area contributed by atoms with Crippen molar-refractivity contribution in [1.82, 2.24) is 4.90 Å². The summed E-state index contributed by atoms with van der Waals surface area (Å²) in [6.07, 6.45) is 7.77. The van der Waals surface area contributed by atoms with Crippen molar-refractivity contribution in [3.8, 4) is 0 Å². The van der Waals surface area contributed by atoms with E-state index in [1.165, 1.54) is 25.7 Å². The molecule has 2 atom stereocenters. The van der Waals surface area contributed by atoms with Crippen LogP contribution in [0.15, 0.2) is 0 Å². The van der Waals surface area contributed by atoms with Crippen molar-refractivity contribution in [2.75, 3.05) is 12.4 Å². The van der Waals surface area contributed by atoms with Crippen molar-refractivity contribution in [3.05, 3.63) is 0 Å². The van der Waals surface area contributed by atoms with Crippen LogP contribution in [-0.4, -0.2) is 29.3 Å². The molecule has 1 aliphatic heterocycles.